The molecule has 132 valence electrons. The zero-order chi connectivity index (χ0) is 17.6. The van der Waals surface area contributed by atoms with Gasteiger partial charge in [0.25, 0.3) is 0 Å². The maximum absolute atomic E-state index is 12.2. The van der Waals surface area contributed by atoms with Crippen LogP contribution in [0.15, 0.2) is 36.8 Å². The number of ether oxygens (including phenoxy) is 1. The lowest BCUT2D eigenvalue weighted by molar-refractivity contribution is 0.135. The molecule has 0 spiro atoms. The average Bonchev–Trinajstić information content (AvgIpc) is 2.61. The zero-order valence-corrected chi connectivity index (χ0v) is 14.7. The van der Waals surface area contributed by atoms with Crippen LogP contribution in [-0.2, 0) is 0 Å². The molecule has 0 radical (unpaired) electrons. The Kier molecular flexibility index (Phi) is 5.48. The highest BCUT2D eigenvalue weighted by molar-refractivity contribution is 5.89. The first kappa shape index (κ1) is 17.2. The molecule has 2 N–H and O–H groups in total. The molecule has 0 unspecified atom stereocenters. The second-order valence-corrected chi connectivity index (χ2v) is 6.53. The van der Waals surface area contributed by atoms with Gasteiger partial charge in [-0.1, -0.05) is 6.07 Å². The minimum atomic E-state index is -0.151. The van der Waals surface area contributed by atoms with Gasteiger partial charge in [0.2, 0.25) is 5.88 Å². The van der Waals surface area contributed by atoms with Crippen LogP contribution in [0, 0.1) is 13.8 Å². The standard InChI is InChI=1S/C19H24N4O2/c1-13-3-4-16(11-14(13)2)23-19(24)22-15-5-7-17(8-6-15)25-18-12-20-9-10-21-18/h3-4,9-12,15,17H,5-8H2,1-2H3,(H2,22,23,24). The highest BCUT2D eigenvalue weighted by Gasteiger charge is 2.24. The number of nitrogens with one attached hydrogen (secondary N) is 2. The summed E-state index contributed by atoms with van der Waals surface area (Å²) in [6, 6.07) is 5.95. The lowest BCUT2D eigenvalue weighted by Crippen LogP contribution is -2.41. The van der Waals surface area contributed by atoms with E-state index in [0.717, 1.165) is 31.4 Å². The monoisotopic (exact) mass is 340 g/mol. The maximum Gasteiger partial charge on any atom is 0.319 e. The van der Waals surface area contributed by atoms with Crippen LogP contribution >= 0.6 is 0 Å². The van der Waals surface area contributed by atoms with E-state index in [0.29, 0.717) is 5.88 Å². The van der Waals surface area contributed by atoms with Crippen molar-refractivity contribution in [1.82, 2.24) is 15.3 Å². The summed E-state index contributed by atoms with van der Waals surface area (Å²) in [7, 11) is 0. The van der Waals surface area contributed by atoms with Gasteiger partial charge in [0, 0.05) is 24.1 Å². The van der Waals surface area contributed by atoms with Gasteiger partial charge in [0.15, 0.2) is 0 Å². The second-order valence-electron chi connectivity index (χ2n) is 6.53. The van der Waals surface area contributed by atoms with Crippen molar-refractivity contribution in [3.8, 4) is 5.88 Å². The Morgan fingerprint density at radius 2 is 1.92 bits per heavy atom. The fraction of sp³-hybridized carbons (Fsp3) is 0.421. The van der Waals surface area contributed by atoms with Crippen LogP contribution in [0.1, 0.15) is 36.8 Å². The Morgan fingerprint density at radius 1 is 1.12 bits per heavy atom. The first-order valence-corrected chi connectivity index (χ1v) is 8.67. The number of hydrogen-bond acceptors (Lipinski definition) is 4. The smallest absolute Gasteiger partial charge is 0.319 e. The van der Waals surface area contributed by atoms with Crippen LogP contribution in [0.3, 0.4) is 0 Å². The number of aryl methyl sites for hydroxylation is 2. The van der Waals surface area contributed by atoms with Crippen LogP contribution in [0.25, 0.3) is 0 Å². The molecular weight excluding hydrogens is 316 g/mol. The van der Waals surface area contributed by atoms with E-state index in [9.17, 15) is 4.79 Å². The van der Waals surface area contributed by atoms with Gasteiger partial charge in [0.05, 0.1) is 6.20 Å². The number of rotatable bonds is 4. The van der Waals surface area contributed by atoms with Crippen LogP contribution < -0.4 is 15.4 Å². The predicted octanol–water partition coefficient (Wildman–Crippen LogP) is 3.61. The molecular formula is C19H24N4O2. The molecule has 1 aromatic carbocycles. The van der Waals surface area contributed by atoms with Gasteiger partial charge >= 0.3 is 6.03 Å². The number of urea groups is 1. The molecule has 1 heterocycles. The minimum absolute atomic E-state index is 0.137. The lowest BCUT2D eigenvalue weighted by Gasteiger charge is -2.29. The van der Waals surface area contributed by atoms with E-state index in [1.807, 2.05) is 25.1 Å². The molecule has 1 saturated carbocycles. The van der Waals surface area contributed by atoms with Gasteiger partial charge in [-0.25, -0.2) is 9.78 Å². The molecule has 6 heteroatoms. The summed E-state index contributed by atoms with van der Waals surface area (Å²) >= 11 is 0. The number of hydrogen-bond donors (Lipinski definition) is 2. The van der Waals surface area contributed by atoms with Gasteiger partial charge in [-0.2, -0.15) is 0 Å². The lowest BCUT2D eigenvalue weighted by atomic mass is 9.93. The number of amides is 2. The number of benzene rings is 1. The van der Waals surface area contributed by atoms with Crippen molar-refractivity contribution in [3.63, 3.8) is 0 Å². The van der Waals surface area contributed by atoms with Crippen molar-refractivity contribution in [2.45, 2.75) is 51.7 Å². The third kappa shape index (κ3) is 4.92. The minimum Gasteiger partial charge on any atom is -0.473 e. The number of aromatic nitrogens is 2. The van der Waals surface area contributed by atoms with Crippen molar-refractivity contribution in [2.24, 2.45) is 0 Å². The number of carbonyl (C=O) groups is 1. The van der Waals surface area contributed by atoms with Crippen molar-refractivity contribution >= 4 is 11.7 Å². The number of carbonyl (C=O) groups excluding carboxylic acids is 1. The topological polar surface area (TPSA) is 76.1 Å². The van der Waals surface area contributed by atoms with Gasteiger partial charge in [-0.05, 0) is 62.8 Å². The van der Waals surface area contributed by atoms with Gasteiger partial charge < -0.3 is 15.4 Å². The summed E-state index contributed by atoms with van der Waals surface area (Å²) in [5.74, 6) is 0.561. The SMILES string of the molecule is Cc1ccc(NC(=O)NC2CCC(Oc3cnccn3)CC2)cc1C. The van der Waals surface area contributed by atoms with Crippen molar-refractivity contribution < 1.29 is 9.53 Å². The Labute approximate surface area is 148 Å². The first-order chi connectivity index (χ1) is 12.1. The molecule has 1 aliphatic carbocycles. The van der Waals surface area contributed by atoms with E-state index in [2.05, 4.69) is 27.5 Å². The Bertz CT molecular complexity index is 713. The maximum atomic E-state index is 12.2. The second kappa shape index (κ2) is 7.96. The molecule has 0 atom stereocenters. The largest absolute Gasteiger partial charge is 0.473 e. The van der Waals surface area contributed by atoms with E-state index in [1.54, 1.807) is 18.6 Å². The Morgan fingerprint density at radius 3 is 2.60 bits per heavy atom. The molecule has 1 aliphatic rings. The fourth-order valence-corrected chi connectivity index (χ4v) is 3.01. The molecule has 0 saturated heterocycles. The molecule has 2 amide bonds. The van der Waals surface area contributed by atoms with E-state index >= 15 is 0 Å². The van der Waals surface area contributed by atoms with E-state index in [4.69, 9.17) is 4.74 Å². The fourth-order valence-electron chi connectivity index (χ4n) is 3.01. The summed E-state index contributed by atoms with van der Waals surface area (Å²) in [4.78, 5) is 20.3. The van der Waals surface area contributed by atoms with E-state index in [1.165, 1.54) is 11.1 Å². The summed E-state index contributed by atoms with van der Waals surface area (Å²) in [5.41, 5.74) is 3.20. The quantitative estimate of drug-likeness (QED) is 0.891. The third-order valence-corrected chi connectivity index (χ3v) is 4.60. The molecule has 1 aromatic heterocycles. The molecule has 0 aliphatic heterocycles. The summed E-state index contributed by atoms with van der Waals surface area (Å²) in [6.07, 6.45) is 8.59. The van der Waals surface area contributed by atoms with E-state index in [-0.39, 0.29) is 18.2 Å². The van der Waals surface area contributed by atoms with Gasteiger partial charge in [-0.3, -0.25) is 4.98 Å². The predicted molar refractivity (Wildman–Crippen MR) is 96.8 cm³/mol. The molecule has 3 rings (SSSR count). The molecule has 25 heavy (non-hydrogen) atoms. The zero-order valence-electron chi connectivity index (χ0n) is 14.7. The highest BCUT2D eigenvalue weighted by Crippen LogP contribution is 2.22. The van der Waals surface area contributed by atoms with Crippen LogP contribution in [-0.4, -0.2) is 28.1 Å². The van der Waals surface area contributed by atoms with Crippen molar-refractivity contribution in [3.05, 3.63) is 47.9 Å². The Hall–Kier alpha value is -2.63. The molecule has 2 aromatic rings. The Balaban J connectivity index is 1.43. The van der Waals surface area contributed by atoms with Crippen molar-refractivity contribution in [1.29, 1.82) is 0 Å². The van der Waals surface area contributed by atoms with Crippen LogP contribution in [0.4, 0.5) is 10.5 Å². The normalized spacial score (nSPS) is 19.9. The molecule has 6 nitrogen and oxygen atoms in total. The van der Waals surface area contributed by atoms with E-state index < -0.39 is 0 Å². The first-order valence-electron chi connectivity index (χ1n) is 8.67. The summed E-state index contributed by atoms with van der Waals surface area (Å²) in [5, 5.41) is 5.96. The number of nitrogens with zero attached hydrogens (tertiary/aromatic N) is 2. The number of anilines is 1. The highest BCUT2D eigenvalue weighted by atomic mass is 16.5. The third-order valence-electron chi connectivity index (χ3n) is 4.60. The molecule has 1 fully saturated rings. The average molecular weight is 340 g/mol. The van der Waals surface area contributed by atoms with Crippen molar-refractivity contribution in [2.75, 3.05) is 5.32 Å². The van der Waals surface area contributed by atoms with Gasteiger partial charge in [-0.15, -0.1) is 0 Å². The summed E-state index contributed by atoms with van der Waals surface area (Å²) < 4.78 is 5.83. The van der Waals surface area contributed by atoms with Crippen LogP contribution in [0.5, 0.6) is 5.88 Å². The van der Waals surface area contributed by atoms with Crippen LogP contribution in [0.2, 0.25) is 0 Å². The molecule has 0 bridgehead atoms. The van der Waals surface area contributed by atoms with Gasteiger partial charge in [0.1, 0.15) is 6.10 Å². The summed E-state index contributed by atoms with van der Waals surface area (Å²) in [6.45, 7) is 4.09.